The molecular weight excluding hydrogens is 375 g/mol. The number of benzene rings is 2. The summed E-state index contributed by atoms with van der Waals surface area (Å²) < 4.78 is 18.8. The fourth-order valence-electron chi connectivity index (χ4n) is 2.55. The molecular formula is C21H19FN4O3. The predicted octanol–water partition coefficient (Wildman–Crippen LogP) is 4.10. The minimum absolute atomic E-state index is 0.116. The molecule has 1 aromatic heterocycles. The summed E-state index contributed by atoms with van der Waals surface area (Å²) >= 11 is 0. The number of hydrogen-bond acceptors (Lipinski definition) is 6. The number of aryl methyl sites for hydroxylation is 1. The molecule has 1 heterocycles. The second-order valence-corrected chi connectivity index (χ2v) is 6.04. The molecule has 7 nitrogen and oxygen atoms in total. The molecule has 0 radical (unpaired) electrons. The maximum atomic E-state index is 13.8. The zero-order valence-corrected chi connectivity index (χ0v) is 15.9. The highest BCUT2D eigenvalue weighted by Crippen LogP contribution is 2.19. The summed E-state index contributed by atoms with van der Waals surface area (Å²) in [6, 6.07) is 13.9. The SMILES string of the molecule is CCOC(=O)c1ccc(NC(=O)c2cc(Nc3ccccc3F)nc(C)n2)cc1. The summed E-state index contributed by atoms with van der Waals surface area (Å²) in [5.74, 6) is -0.673. The minimum atomic E-state index is -0.462. The van der Waals surface area contributed by atoms with E-state index in [4.69, 9.17) is 4.74 Å². The fraction of sp³-hybridized carbons (Fsp3) is 0.143. The second kappa shape index (κ2) is 8.92. The number of carbonyl (C=O) groups is 2. The Balaban J connectivity index is 1.75. The van der Waals surface area contributed by atoms with Crippen molar-refractivity contribution in [2.45, 2.75) is 13.8 Å². The lowest BCUT2D eigenvalue weighted by Crippen LogP contribution is -2.15. The Hall–Kier alpha value is -3.81. The van der Waals surface area contributed by atoms with Gasteiger partial charge in [-0.3, -0.25) is 4.79 Å². The van der Waals surface area contributed by atoms with Crippen molar-refractivity contribution in [3.63, 3.8) is 0 Å². The molecule has 0 saturated heterocycles. The quantitative estimate of drug-likeness (QED) is 0.612. The van der Waals surface area contributed by atoms with E-state index < -0.39 is 17.7 Å². The number of hydrogen-bond donors (Lipinski definition) is 2. The Morgan fingerprint density at radius 1 is 1.07 bits per heavy atom. The minimum Gasteiger partial charge on any atom is -0.462 e. The van der Waals surface area contributed by atoms with Crippen LogP contribution in [0.2, 0.25) is 0 Å². The molecule has 148 valence electrons. The molecule has 2 N–H and O–H groups in total. The van der Waals surface area contributed by atoms with Crippen LogP contribution in [-0.2, 0) is 4.74 Å². The van der Waals surface area contributed by atoms with E-state index in [-0.39, 0.29) is 18.0 Å². The maximum absolute atomic E-state index is 13.8. The summed E-state index contributed by atoms with van der Waals surface area (Å²) in [6.07, 6.45) is 0. The molecule has 0 unspecified atom stereocenters. The van der Waals surface area contributed by atoms with Crippen LogP contribution < -0.4 is 10.6 Å². The number of para-hydroxylation sites is 1. The predicted molar refractivity (Wildman–Crippen MR) is 107 cm³/mol. The first kappa shape index (κ1) is 19.9. The Morgan fingerprint density at radius 2 is 1.79 bits per heavy atom. The van der Waals surface area contributed by atoms with E-state index >= 15 is 0 Å². The van der Waals surface area contributed by atoms with E-state index in [9.17, 15) is 14.0 Å². The van der Waals surface area contributed by atoms with Crippen molar-refractivity contribution < 1.29 is 18.7 Å². The molecule has 0 bridgehead atoms. The fourth-order valence-corrected chi connectivity index (χ4v) is 2.55. The number of amides is 1. The van der Waals surface area contributed by atoms with Gasteiger partial charge in [-0.15, -0.1) is 0 Å². The number of carbonyl (C=O) groups excluding carboxylic acids is 2. The zero-order chi connectivity index (χ0) is 20.8. The van der Waals surface area contributed by atoms with E-state index in [1.165, 1.54) is 12.1 Å². The average molecular weight is 394 g/mol. The van der Waals surface area contributed by atoms with Gasteiger partial charge in [0.15, 0.2) is 0 Å². The van der Waals surface area contributed by atoms with Gasteiger partial charge in [-0.05, 0) is 50.2 Å². The van der Waals surface area contributed by atoms with Gasteiger partial charge >= 0.3 is 5.97 Å². The van der Waals surface area contributed by atoms with Crippen molar-refractivity contribution in [3.05, 3.63) is 77.5 Å². The molecule has 0 aliphatic heterocycles. The number of ether oxygens (including phenoxy) is 1. The van der Waals surface area contributed by atoms with Crippen molar-refractivity contribution in [3.8, 4) is 0 Å². The van der Waals surface area contributed by atoms with Gasteiger partial charge in [-0.1, -0.05) is 12.1 Å². The summed E-state index contributed by atoms with van der Waals surface area (Å²) in [5, 5.41) is 5.55. The first-order valence-electron chi connectivity index (χ1n) is 8.92. The van der Waals surface area contributed by atoms with Crippen LogP contribution in [0.25, 0.3) is 0 Å². The Kier molecular flexibility index (Phi) is 6.13. The van der Waals surface area contributed by atoms with Crippen LogP contribution in [0.1, 0.15) is 33.6 Å². The van der Waals surface area contributed by atoms with Crippen molar-refractivity contribution in [1.82, 2.24) is 9.97 Å². The first-order chi connectivity index (χ1) is 14.0. The van der Waals surface area contributed by atoms with Crippen LogP contribution in [0.15, 0.2) is 54.6 Å². The van der Waals surface area contributed by atoms with Gasteiger partial charge in [0.25, 0.3) is 5.91 Å². The van der Waals surface area contributed by atoms with Gasteiger partial charge < -0.3 is 15.4 Å². The Bertz CT molecular complexity index is 1040. The normalized spacial score (nSPS) is 10.3. The van der Waals surface area contributed by atoms with Crippen LogP contribution in [0.5, 0.6) is 0 Å². The third kappa shape index (κ3) is 5.13. The monoisotopic (exact) mass is 394 g/mol. The molecule has 3 rings (SSSR count). The number of rotatable bonds is 6. The maximum Gasteiger partial charge on any atom is 0.338 e. The Labute approximate surface area is 167 Å². The van der Waals surface area contributed by atoms with Crippen LogP contribution in [0, 0.1) is 12.7 Å². The molecule has 0 spiro atoms. The molecule has 29 heavy (non-hydrogen) atoms. The lowest BCUT2D eigenvalue weighted by molar-refractivity contribution is 0.0526. The largest absolute Gasteiger partial charge is 0.462 e. The second-order valence-electron chi connectivity index (χ2n) is 6.04. The number of anilines is 3. The zero-order valence-electron chi connectivity index (χ0n) is 15.9. The molecule has 1 amide bonds. The number of nitrogens with one attached hydrogen (secondary N) is 2. The van der Waals surface area contributed by atoms with Gasteiger partial charge in [0.05, 0.1) is 17.9 Å². The van der Waals surface area contributed by atoms with Gasteiger partial charge in [0, 0.05) is 11.8 Å². The van der Waals surface area contributed by atoms with Crippen LogP contribution >= 0.6 is 0 Å². The average Bonchev–Trinajstić information content (AvgIpc) is 2.70. The van der Waals surface area contributed by atoms with Crippen LogP contribution in [0.3, 0.4) is 0 Å². The third-order valence-electron chi connectivity index (χ3n) is 3.86. The molecule has 0 aliphatic carbocycles. The van der Waals surface area contributed by atoms with Crippen LogP contribution in [-0.4, -0.2) is 28.5 Å². The van der Waals surface area contributed by atoms with Gasteiger partial charge in [0.2, 0.25) is 0 Å². The summed E-state index contributed by atoms with van der Waals surface area (Å²) in [4.78, 5) is 32.6. The molecule has 0 fully saturated rings. The van der Waals surface area contributed by atoms with Crippen LogP contribution in [0.4, 0.5) is 21.6 Å². The number of aromatic nitrogens is 2. The van der Waals surface area contributed by atoms with Crippen molar-refractivity contribution in [1.29, 1.82) is 0 Å². The van der Waals surface area contributed by atoms with E-state index in [1.807, 2.05) is 0 Å². The first-order valence-corrected chi connectivity index (χ1v) is 8.92. The van der Waals surface area contributed by atoms with Gasteiger partial charge in [-0.25, -0.2) is 19.2 Å². The number of nitrogens with zero attached hydrogens (tertiary/aromatic N) is 2. The highest BCUT2D eigenvalue weighted by atomic mass is 19.1. The number of halogens is 1. The summed E-state index contributed by atoms with van der Waals surface area (Å²) in [5.41, 5.74) is 1.24. The molecule has 2 aromatic carbocycles. The molecule has 0 aliphatic rings. The van der Waals surface area contributed by atoms with E-state index in [0.717, 1.165) is 0 Å². The highest BCUT2D eigenvalue weighted by molar-refractivity contribution is 6.03. The van der Waals surface area contributed by atoms with E-state index in [2.05, 4.69) is 20.6 Å². The summed E-state index contributed by atoms with van der Waals surface area (Å²) in [6.45, 7) is 3.65. The third-order valence-corrected chi connectivity index (χ3v) is 3.86. The van der Waals surface area contributed by atoms with Crippen molar-refractivity contribution >= 4 is 29.1 Å². The summed E-state index contributed by atoms with van der Waals surface area (Å²) in [7, 11) is 0. The lowest BCUT2D eigenvalue weighted by atomic mass is 10.2. The van der Waals surface area contributed by atoms with Crippen molar-refractivity contribution in [2.75, 3.05) is 17.2 Å². The lowest BCUT2D eigenvalue weighted by Gasteiger charge is -2.10. The standard InChI is InChI=1S/C21H19FN4O3/c1-3-29-21(28)14-8-10-15(11-9-14)25-20(27)18-12-19(24-13(2)23-18)26-17-7-5-4-6-16(17)22/h4-12H,3H2,1-2H3,(H,25,27)(H,23,24,26). The smallest absolute Gasteiger partial charge is 0.338 e. The highest BCUT2D eigenvalue weighted by Gasteiger charge is 2.13. The Morgan fingerprint density at radius 3 is 2.48 bits per heavy atom. The molecule has 8 heteroatoms. The molecule has 0 saturated carbocycles. The van der Waals surface area contributed by atoms with E-state index in [1.54, 1.807) is 56.3 Å². The molecule has 0 atom stereocenters. The van der Waals surface area contributed by atoms with Gasteiger partial charge in [0.1, 0.15) is 23.2 Å². The van der Waals surface area contributed by atoms with E-state index in [0.29, 0.717) is 22.9 Å². The molecule has 3 aromatic rings. The number of esters is 1. The topological polar surface area (TPSA) is 93.2 Å². The van der Waals surface area contributed by atoms with Crippen molar-refractivity contribution in [2.24, 2.45) is 0 Å². The van der Waals surface area contributed by atoms with Gasteiger partial charge in [-0.2, -0.15) is 0 Å².